The van der Waals surface area contributed by atoms with Crippen LogP contribution in [0.4, 0.5) is 0 Å². The zero-order valence-electron chi connectivity index (χ0n) is 11.7. The molecule has 0 aliphatic carbocycles. The van der Waals surface area contributed by atoms with E-state index in [-0.39, 0.29) is 6.04 Å². The SMILES string of the molecule is CCCOc1ccccc1C(N)c1ccc(OC)nn1. The molecular formula is C15H19N3O2. The quantitative estimate of drug-likeness (QED) is 0.874. The molecule has 5 nitrogen and oxygen atoms in total. The van der Waals surface area contributed by atoms with Crippen LogP contribution in [-0.4, -0.2) is 23.9 Å². The minimum Gasteiger partial charge on any atom is -0.493 e. The molecule has 0 saturated heterocycles. The first-order valence-corrected chi connectivity index (χ1v) is 6.61. The van der Waals surface area contributed by atoms with E-state index in [0.717, 1.165) is 17.7 Å². The molecule has 2 rings (SSSR count). The summed E-state index contributed by atoms with van der Waals surface area (Å²) in [5.74, 6) is 1.26. The fraction of sp³-hybridized carbons (Fsp3) is 0.333. The summed E-state index contributed by atoms with van der Waals surface area (Å²) in [6.45, 7) is 2.73. The van der Waals surface area contributed by atoms with Crippen molar-refractivity contribution in [2.75, 3.05) is 13.7 Å². The summed E-state index contributed by atoms with van der Waals surface area (Å²) in [4.78, 5) is 0. The van der Waals surface area contributed by atoms with Gasteiger partial charge in [-0.2, -0.15) is 0 Å². The molecule has 1 heterocycles. The lowest BCUT2D eigenvalue weighted by Crippen LogP contribution is -2.15. The van der Waals surface area contributed by atoms with E-state index in [2.05, 4.69) is 17.1 Å². The van der Waals surface area contributed by atoms with Gasteiger partial charge in [-0.1, -0.05) is 25.1 Å². The standard InChI is InChI=1S/C15H19N3O2/c1-3-10-20-13-7-5-4-6-11(13)15(16)12-8-9-14(19-2)18-17-12/h4-9,15H,3,10,16H2,1-2H3. The molecule has 1 atom stereocenters. The molecule has 2 N–H and O–H groups in total. The second-order valence-electron chi connectivity index (χ2n) is 4.36. The van der Waals surface area contributed by atoms with Gasteiger partial charge in [0.15, 0.2) is 0 Å². The molecule has 1 aromatic heterocycles. The Labute approximate surface area is 118 Å². The molecular weight excluding hydrogens is 254 g/mol. The van der Waals surface area contributed by atoms with E-state index in [1.807, 2.05) is 30.3 Å². The number of hydrogen-bond donors (Lipinski definition) is 1. The summed E-state index contributed by atoms with van der Waals surface area (Å²) in [6.07, 6.45) is 0.950. The van der Waals surface area contributed by atoms with E-state index in [0.29, 0.717) is 18.2 Å². The van der Waals surface area contributed by atoms with Gasteiger partial charge >= 0.3 is 0 Å². The molecule has 20 heavy (non-hydrogen) atoms. The van der Waals surface area contributed by atoms with Crippen LogP contribution < -0.4 is 15.2 Å². The van der Waals surface area contributed by atoms with E-state index in [4.69, 9.17) is 15.2 Å². The molecule has 1 aromatic carbocycles. The lowest BCUT2D eigenvalue weighted by Gasteiger charge is -2.16. The van der Waals surface area contributed by atoms with Crippen LogP contribution in [0.1, 0.15) is 30.6 Å². The molecule has 0 spiro atoms. The summed E-state index contributed by atoms with van der Waals surface area (Å²) in [6, 6.07) is 10.9. The van der Waals surface area contributed by atoms with Crippen molar-refractivity contribution in [3.8, 4) is 11.6 Å². The molecule has 0 amide bonds. The normalized spacial score (nSPS) is 11.9. The van der Waals surface area contributed by atoms with E-state index in [1.165, 1.54) is 0 Å². The Morgan fingerprint density at radius 2 is 1.95 bits per heavy atom. The fourth-order valence-electron chi connectivity index (χ4n) is 1.85. The molecule has 106 valence electrons. The van der Waals surface area contributed by atoms with Gasteiger partial charge in [0.05, 0.1) is 25.5 Å². The third-order valence-electron chi connectivity index (χ3n) is 2.90. The molecule has 5 heteroatoms. The van der Waals surface area contributed by atoms with Gasteiger partial charge < -0.3 is 15.2 Å². The van der Waals surface area contributed by atoms with Gasteiger partial charge in [0.1, 0.15) is 5.75 Å². The smallest absolute Gasteiger partial charge is 0.233 e. The Morgan fingerprint density at radius 1 is 1.15 bits per heavy atom. The number of rotatable bonds is 6. The Bertz CT molecular complexity index is 543. The third kappa shape index (κ3) is 3.24. The number of hydrogen-bond acceptors (Lipinski definition) is 5. The van der Waals surface area contributed by atoms with Gasteiger partial charge in [-0.3, -0.25) is 0 Å². The highest BCUT2D eigenvalue weighted by Crippen LogP contribution is 2.27. The minimum absolute atomic E-state index is 0.374. The van der Waals surface area contributed by atoms with Crippen molar-refractivity contribution in [2.45, 2.75) is 19.4 Å². The Morgan fingerprint density at radius 3 is 2.60 bits per heavy atom. The maximum atomic E-state index is 6.26. The van der Waals surface area contributed by atoms with Crippen LogP contribution in [0.5, 0.6) is 11.6 Å². The molecule has 2 aromatic rings. The number of nitrogens with two attached hydrogens (primary N) is 1. The monoisotopic (exact) mass is 273 g/mol. The number of nitrogens with zero attached hydrogens (tertiary/aromatic N) is 2. The first-order valence-electron chi connectivity index (χ1n) is 6.61. The van der Waals surface area contributed by atoms with Gasteiger partial charge in [0.2, 0.25) is 5.88 Å². The van der Waals surface area contributed by atoms with Crippen molar-refractivity contribution in [3.63, 3.8) is 0 Å². The van der Waals surface area contributed by atoms with E-state index in [9.17, 15) is 0 Å². The first kappa shape index (κ1) is 14.3. The van der Waals surface area contributed by atoms with Crippen LogP contribution in [0.25, 0.3) is 0 Å². The molecule has 0 bridgehead atoms. The molecule has 0 aliphatic rings. The highest BCUT2D eigenvalue weighted by molar-refractivity contribution is 5.39. The summed E-state index contributed by atoms with van der Waals surface area (Å²) in [7, 11) is 1.55. The van der Waals surface area contributed by atoms with Crippen LogP contribution in [0.15, 0.2) is 36.4 Å². The van der Waals surface area contributed by atoms with Crippen molar-refractivity contribution >= 4 is 0 Å². The molecule has 0 aliphatic heterocycles. The predicted molar refractivity (Wildman–Crippen MR) is 76.8 cm³/mol. The molecule has 0 fully saturated rings. The number of aromatic nitrogens is 2. The average Bonchev–Trinajstić information content (AvgIpc) is 2.52. The second kappa shape index (κ2) is 6.86. The topological polar surface area (TPSA) is 70.3 Å². The third-order valence-corrected chi connectivity index (χ3v) is 2.90. The molecule has 1 unspecified atom stereocenters. The Balaban J connectivity index is 2.24. The van der Waals surface area contributed by atoms with Crippen LogP contribution in [0, 0.1) is 0 Å². The lowest BCUT2D eigenvalue weighted by molar-refractivity contribution is 0.313. The molecule has 0 radical (unpaired) electrons. The Hall–Kier alpha value is -2.14. The van der Waals surface area contributed by atoms with Gasteiger partial charge in [-0.15, -0.1) is 10.2 Å². The van der Waals surface area contributed by atoms with Crippen molar-refractivity contribution in [2.24, 2.45) is 5.73 Å². The van der Waals surface area contributed by atoms with Gasteiger partial charge in [-0.05, 0) is 18.6 Å². The predicted octanol–water partition coefficient (Wildman–Crippen LogP) is 2.32. The number of benzene rings is 1. The fourth-order valence-corrected chi connectivity index (χ4v) is 1.85. The minimum atomic E-state index is -0.374. The second-order valence-corrected chi connectivity index (χ2v) is 4.36. The number of ether oxygens (including phenoxy) is 2. The van der Waals surface area contributed by atoms with Crippen molar-refractivity contribution in [1.82, 2.24) is 10.2 Å². The van der Waals surface area contributed by atoms with E-state index < -0.39 is 0 Å². The maximum absolute atomic E-state index is 6.26. The van der Waals surface area contributed by atoms with Crippen molar-refractivity contribution in [3.05, 3.63) is 47.7 Å². The average molecular weight is 273 g/mol. The summed E-state index contributed by atoms with van der Waals surface area (Å²) >= 11 is 0. The van der Waals surface area contributed by atoms with Crippen LogP contribution in [0.2, 0.25) is 0 Å². The van der Waals surface area contributed by atoms with Crippen LogP contribution in [0.3, 0.4) is 0 Å². The van der Waals surface area contributed by atoms with Crippen molar-refractivity contribution < 1.29 is 9.47 Å². The van der Waals surface area contributed by atoms with E-state index >= 15 is 0 Å². The largest absolute Gasteiger partial charge is 0.493 e. The van der Waals surface area contributed by atoms with Gasteiger partial charge in [0.25, 0.3) is 0 Å². The number of methoxy groups -OCH3 is 1. The van der Waals surface area contributed by atoms with Crippen LogP contribution in [-0.2, 0) is 0 Å². The number of para-hydroxylation sites is 1. The van der Waals surface area contributed by atoms with E-state index in [1.54, 1.807) is 13.2 Å². The highest BCUT2D eigenvalue weighted by atomic mass is 16.5. The molecule has 0 saturated carbocycles. The Kier molecular flexibility index (Phi) is 4.90. The summed E-state index contributed by atoms with van der Waals surface area (Å²) < 4.78 is 10.7. The zero-order chi connectivity index (χ0) is 14.4. The highest BCUT2D eigenvalue weighted by Gasteiger charge is 2.15. The van der Waals surface area contributed by atoms with Gasteiger partial charge in [0, 0.05) is 11.6 Å². The maximum Gasteiger partial charge on any atom is 0.233 e. The van der Waals surface area contributed by atoms with Crippen molar-refractivity contribution in [1.29, 1.82) is 0 Å². The van der Waals surface area contributed by atoms with Gasteiger partial charge in [-0.25, -0.2) is 0 Å². The first-order chi connectivity index (χ1) is 9.76. The zero-order valence-corrected chi connectivity index (χ0v) is 11.7. The summed E-state index contributed by atoms with van der Waals surface area (Å²) in [5.41, 5.74) is 7.84. The lowest BCUT2D eigenvalue weighted by atomic mass is 10.0. The summed E-state index contributed by atoms with van der Waals surface area (Å²) in [5, 5.41) is 8.03. The van der Waals surface area contributed by atoms with Crippen LogP contribution >= 0.6 is 0 Å².